The zero-order chi connectivity index (χ0) is 14.9. The summed E-state index contributed by atoms with van der Waals surface area (Å²) in [4.78, 5) is 5.45. The maximum atomic E-state index is 12.4. The normalized spacial score (nSPS) is 16.5. The summed E-state index contributed by atoms with van der Waals surface area (Å²) >= 11 is 0. The van der Waals surface area contributed by atoms with E-state index in [0.717, 1.165) is 19.4 Å². The van der Waals surface area contributed by atoms with E-state index in [-0.39, 0.29) is 12.4 Å². The van der Waals surface area contributed by atoms with Gasteiger partial charge in [-0.25, -0.2) is 0 Å². The lowest BCUT2D eigenvalue weighted by Gasteiger charge is -2.17. The molecule has 7 heteroatoms. The molecule has 0 spiro atoms. The fourth-order valence-corrected chi connectivity index (χ4v) is 2.53. The van der Waals surface area contributed by atoms with Gasteiger partial charge in [0.15, 0.2) is 0 Å². The van der Waals surface area contributed by atoms with Crippen molar-refractivity contribution in [3.63, 3.8) is 0 Å². The Bertz CT molecular complexity index is 624. The van der Waals surface area contributed by atoms with Crippen molar-refractivity contribution in [2.45, 2.75) is 32.1 Å². The highest BCUT2D eigenvalue weighted by molar-refractivity contribution is 5.28. The van der Waals surface area contributed by atoms with E-state index in [1.54, 1.807) is 0 Å². The van der Waals surface area contributed by atoms with E-state index in [1.165, 1.54) is 11.1 Å². The van der Waals surface area contributed by atoms with Crippen molar-refractivity contribution in [2.75, 3.05) is 6.54 Å². The summed E-state index contributed by atoms with van der Waals surface area (Å²) in [5.41, 5.74) is 2.49. The van der Waals surface area contributed by atoms with Gasteiger partial charge in [0.25, 0.3) is 5.82 Å². The Hall–Kier alpha value is -1.89. The van der Waals surface area contributed by atoms with Crippen molar-refractivity contribution in [1.82, 2.24) is 15.0 Å². The van der Waals surface area contributed by atoms with Gasteiger partial charge in [-0.15, -0.1) is 0 Å². The molecule has 0 N–H and O–H groups in total. The number of aryl methyl sites for hydroxylation is 1. The number of nitrogens with zero attached hydrogens (tertiary/aromatic N) is 3. The van der Waals surface area contributed by atoms with Crippen LogP contribution in [0.3, 0.4) is 0 Å². The third-order valence-electron chi connectivity index (χ3n) is 3.51. The first kappa shape index (κ1) is 14.1. The van der Waals surface area contributed by atoms with Gasteiger partial charge in [-0.3, -0.25) is 4.90 Å². The van der Waals surface area contributed by atoms with Crippen molar-refractivity contribution < 1.29 is 17.7 Å². The maximum Gasteiger partial charge on any atom is 0.455 e. The number of hydrogen-bond acceptors (Lipinski definition) is 4. The minimum absolute atomic E-state index is 0.00158. The first-order valence-corrected chi connectivity index (χ1v) is 6.71. The summed E-state index contributed by atoms with van der Waals surface area (Å²) in [6.07, 6.45) is -2.63. The third-order valence-corrected chi connectivity index (χ3v) is 3.51. The molecule has 2 aromatic rings. The minimum Gasteiger partial charge on any atom is -0.338 e. The van der Waals surface area contributed by atoms with Crippen LogP contribution in [0.25, 0.3) is 0 Å². The Morgan fingerprint density at radius 3 is 2.67 bits per heavy atom. The monoisotopic (exact) mass is 297 g/mol. The Morgan fingerprint density at radius 1 is 1.19 bits per heavy atom. The number of aromatic nitrogens is 2. The van der Waals surface area contributed by atoms with Crippen molar-refractivity contribution in [1.29, 1.82) is 0 Å². The molecule has 0 radical (unpaired) electrons. The van der Waals surface area contributed by atoms with Crippen LogP contribution in [0.5, 0.6) is 0 Å². The molecule has 0 amide bonds. The minimum atomic E-state index is -4.56. The molecule has 0 saturated carbocycles. The lowest BCUT2D eigenvalue weighted by molar-refractivity contribution is -0.146. The summed E-state index contributed by atoms with van der Waals surface area (Å²) in [6.45, 7) is 1.70. The van der Waals surface area contributed by atoms with Gasteiger partial charge in [0.05, 0.1) is 6.54 Å². The number of alkyl halides is 3. The van der Waals surface area contributed by atoms with Crippen LogP contribution in [0.4, 0.5) is 13.2 Å². The van der Waals surface area contributed by atoms with Gasteiger partial charge in [-0.2, -0.15) is 18.2 Å². The quantitative estimate of drug-likeness (QED) is 0.854. The average molecular weight is 297 g/mol. The van der Waals surface area contributed by atoms with E-state index in [2.05, 4.69) is 16.2 Å². The Balaban J connectivity index is 1.72. The molecule has 0 unspecified atom stereocenters. The van der Waals surface area contributed by atoms with Crippen LogP contribution in [0.1, 0.15) is 29.3 Å². The van der Waals surface area contributed by atoms with Gasteiger partial charge in [0, 0.05) is 6.54 Å². The molecule has 0 bridgehead atoms. The molecule has 2 heterocycles. The standard InChI is InChI=1S/C14H14F3N3O/c15-14(16,17)13-18-12(21-19-13)9-20-7-3-6-10-4-1-2-5-11(10)8-20/h1-2,4-5H,3,6-9H2. The molecule has 112 valence electrons. The first-order chi connectivity index (χ1) is 10.0. The number of halogens is 3. The van der Waals surface area contributed by atoms with Crippen LogP contribution in [-0.2, 0) is 25.7 Å². The number of benzene rings is 1. The van der Waals surface area contributed by atoms with Crippen LogP contribution >= 0.6 is 0 Å². The lowest BCUT2D eigenvalue weighted by atomic mass is 10.0. The molecule has 0 aliphatic carbocycles. The third kappa shape index (κ3) is 3.24. The molecule has 0 atom stereocenters. The highest BCUT2D eigenvalue weighted by atomic mass is 19.4. The zero-order valence-electron chi connectivity index (χ0n) is 11.2. The summed E-state index contributed by atoms with van der Waals surface area (Å²) in [5.74, 6) is -1.21. The summed E-state index contributed by atoms with van der Waals surface area (Å²) in [6, 6.07) is 8.11. The van der Waals surface area contributed by atoms with Gasteiger partial charge >= 0.3 is 6.18 Å². The Labute approximate surface area is 119 Å². The van der Waals surface area contributed by atoms with Crippen molar-refractivity contribution in [3.8, 4) is 0 Å². The molecule has 4 nitrogen and oxygen atoms in total. The van der Waals surface area contributed by atoms with Gasteiger partial charge in [0.1, 0.15) is 0 Å². The molecule has 0 fully saturated rings. The van der Waals surface area contributed by atoms with Crippen molar-refractivity contribution >= 4 is 0 Å². The van der Waals surface area contributed by atoms with E-state index in [1.807, 2.05) is 23.1 Å². The van der Waals surface area contributed by atoms with E-state index < -0.39 is 12.0 Å². The molecule has 1 aromatic carbocycles. The second-order valence-electron chi connectivity index (χ2n) is 5.09. The van der Waals surface area contributed by atoms with Crippen molar-refractivity contribution in [2.24, 2.45) is 0 Å². The molecule has 1 aliphatic rings. The molecule has 1 aliphatic heterocycles. The average Bonchev–Trinajstić information content (AvgIpc) is 2.80. The molecular weight excluding hydrogens is 283 g/mol. The zero-order valence-corrected chi connectivity index (χ0v) is 11.2. The van der Waals surface area contributed by atoms with Crippen molar-refractivity contribution in [3.05, 3.63) is 47.1 Å². The Kier molecular flexibility index (Phi) is 3.67. The number of rotatable bonds is 2. The number of fused-ring (bicyclic) bond motifs is 1. The van der Waals surface area contributed by atoms with Crippen LogP contribution < -0.4 is 0 Å². The maximum absolute atomic E-state index is 12.4. The summed E-state index contributed by atoms with van der Waals surface area (Å²) in [5, 5.41) is 2.98. The predicted molar refractivity (Wildman–Crippen MR) is 68.2 cm³/mol. The molecular formula is C14H14F3N3O. The van der Waals surface area contributed by atoms with Crippen LogP contribution in [0.15, 0.2) is 28.8 Å². The van der Waals surface area contributed by atoms with Crippen LogP contribution in [-0.4, -0.2) is 21.6 Å². The van der Waals surface area contributed by atoms with Crippen LogP contribution in [0, 0.1) is 0 Å². The SMILES string of the molecule is FC(F)(F)c1noc(CN2CCCc3ccccc3C2)n1. The van der Waals surface area contributed by atoms with E-state index in [9.17, 15) is 13.2 Å². The second kappa shape index (κ2) is 5.48. The topological polar surface area (TPSA) is 42.2 Å². The summed E-state index contributed by atoms with van der Waals surface area (Å²) < 4.78 is 42.0. The fourth-order valence-electron chi connectivity index (χ4n) is 2.53. The smallest absolute Gasteiger partial charge is 0.338 e. The molecule has 21 heavy (non-hydrogen) atoms. The van der Waals surface area contributed by atoms with Gasteiger partial charge in [0.2, 0.25) is 5.89 Å². The second-order valence-corrected chi connectivity index (χ2v) is 5.09. The highest BCUT2D eigenvalue weighted by Gasteiger charge is 2.37. The van der Waals surface area contributed by atoms with Gasteiger partial charge in [-0.05, 0) is 30.5 Å². The fraction of sp³-hybridized carbons (Fsp3) is 0.429. The van der Waals surface area contributed by atoms with E-state index >= 15 is 0 Å². The lowest BCUT2D eigenvalue weighted by Crippen LogP contribution is -2.23. The van der Waals surface area contributed by atoms with Gasteiger partial charge < -0.3 is 4.52 Å². The largest absolute Gasteiger partial charge is 0.455 e. The van der Waals surface area contributed by atoms with E-state index in [4.69, 9.17) is 4.52 Å². The predicted octanol–water partition coefficient (Wildman–Crippen LogP) is 3.04. The Morgan fingerprint density at radius 2 is 1.95 bits per heavy atom. The summed E-state index contributed by atoms with van der Waals surface area (Å²) in [7, 11) is 0. The van der Waals surface area contributed by atoms with Crippen LogP contribution in [0.2, 0.25) is 0 Å². The first-order valence-electron chi connectivity index (χ1n) is 6.71. The molecule has 3 rings (SSSR count). The molecule has 1 aromatic heterocycles. The number of hydrogen-bond donors (Lipinski definition) is 0. The van der Waals surface area contributed by atoms with E-state index in [0.29, 0.717) is 6.54 Å². The van der Waals surface area contributed by atoms with Gasteiger partial charge in [-0.1, -0.05) is 29.4 Å². The highest BCUT2D eigenvalue weighted by Crippen LogP contribution is 2.27. The molecule has 0 saturated heterocycles.